The Kier molecular flexibility index (Phi) is 2.76. The van der Waals surface area contributed by atoms with Crippen LogP contribution < -0.4 is 5.73 Å². The summed E-state index contributed by atoms with van der Waals surface area (Å²) < 4.78 is 26.4. The van der Waals surface area contributed by atoms with Gasteiger partial charge in [-0.3, -0.25) is 0 Å². The van der Waals surface area contributed by atoms with Gasteiger partial charge in [-0.15, -0.1) is 0 Å². The molecule has 0 radical (unpaired) electrons. The highest BCUT2D eigenvalue weighted by atomic mass is 32.2. The van der Waals surface area contributed by atoms with Crippen molar-refractivity contribution in [1.82, 2.24) is 0 Å². The number of rotatable bonds is 2. The van der Waals surface area contributed by atoms with Gasteiger partial charge < -0.3 is 9.92 Å². The Bertz CT molecular complexity index is 435. The maximum Gasteiger partial charge on any atom is 0.420 e. The van der Waals surface area contributed by atoms with Crippen LogP contribution in [0.5, 0.6) is 0 Å². The molecule has 0 aliphatic carbocycles. The molecule has 1 rings (SSSR count). The van der Waals surface area contributed by atoms with Crippen LogP contribution in [-0.2, 0) is 14.3 Å². The molecule has 0 aliphatic rings. The third-order valence-electron chi connectivity index (χ3n) is 1.50. The summed E-state index contributed by atoms with van der Waals surface area (Å²) in [5.41, 5.74) is 5.51. The largest absolute Gasteiger partial charge is 0.420 e. The second kappa shape index (κ2) is 3.67. The van der Waals surface area contributed by atoms with Crippen LogP contribution in [0, 0.1) is 6.92 Å². The smallest absolute Gasteiger partial charge is 0.334 e. The van der Waals surface area contributed by atoms with Crippen molar-refractivity contribution in [3.8, 4) is 0 Å². The predicted molar refractivity (Wildman–Crippen MR) is 49.0 cm³/mol. The lowest BCUT2D eigenvalue weighted by molar-refractivity contribution is 0.212. The molecule has 5 nitrogen and oxygen atoms in total. The normalized spacial score (nSPS) is 10.9. The molecular formula is C8H9NO4S. The summed E-state index contributed by atoms with van der Waals surface area (Å²) in [4.78, 5) is 10.2. The van der Waals surface area contributed by atoms with Crippen LogP contribution in [0.3, 0.4) is 0 Å². The standard InChI is InChI=1S/C8H9NO4S/c1-6-2-4-7(5-3-6)14(11,12)13-8(9)10/h2-5H,1H3,(H2,9,10). The van der Waals surface area contributed by atoms with E-state index in [1.807, 2.05) is 6.92 Å². The Labute approximate surface area is 81.6 Å². The van der Waals surface area contributed by atoms with Crippen LogP contribution in [0.15, 0.2) is 29.2 Å². The summed E-state index contributed by atoms with van der Waals surface area (Å²) in [5.74, 6) is 0. The van der Waals surface area contributed by atoms with Crippen molar-refractivity contribution in [3.05, 3.63) is 29.8 Å². The van der Waals surface area contributed by atoms with Gasteiger partial charge in [-0.25, -0.2) is 4.79 Å². The van der Waals surface area contributed by atoms with E-state index in [-0.39, 0.29) is 4.90 Å². The first-order valence-electron chi connectivity index (χ1n) is 3.72. The molecule has 2 N–H and O–H groups in total. The van der Waals surface area contributed by atoms with Crippen LogP contribution in [0.25, 0.3) is 0 Å². The van der Waals surface area contributed by atoms with Gasteiger partial charge in [0.25, 0.3) is 0 Å². The Morgan fingerprint density at radius 1 is 1.29 bits per heavy atom. The maximum absolute atomic E-state index is 11.2. The van der Waals surface area contributed by atoms with Crippen LogP contribution in [0.4, 0.5) is 4.79 Å². The Morgan fingerprint density at radius 2 is 1.79 bits per heavy atom. The zero-order valence-electron chi connectivity index (χ0n) is 7.43. The zero-order valence-corrected chi connectivity index (χ0v) is 8.24. The Balaban J connectivity index is 3.05. The summed E-state index contributed by atoms with van der Waals surface area (Å²) in [6.45, 7) is 1.81. The van der Waals surface area contributed by atoms with Crippen LogP contribution >= 0.6 is 0 Å². The van der Waals surface area contributed by atoms with Gasteiger partial charge in [0.15, 0.2) is 0 Å². The van der Waals surface area contributed by atoms with Crippen LogP contribution in [0.2, 0.25) is 0 Å². The van der Waals surface area contributed by atoms with Crippen molar-refractivity contribution in [1.29, 1.82) is 0 Å². The first kappa shape index (κ1) is 10.5. The second-order valence-electron chi connectivity index (χ2n) is 2.67. The van der Waals surface area contributed by atoms with Gasteiger partial charge in [-0.1, -0.05) is 17.7 Å². The summed E-state index contributed by atoms with van der Waals surface area (Å²) in [7, 11) is -4.05. The number of hydrogen-bond donors (Lipinski definition) is 1. The number of primary amides is 1. The van der Waals surface area contributed by atoms with Crippen LogP contribution in [-0.4, -0.2) is 14.5 Å². The van der Waals surface area contributed by atoms with E-state index in [0.29, 0.717) is 0 Å². The number of carbonyl (C=O) groups is 1. The van der Waals surface area contributed by atoms with Gasteiger partial charge in [0.05, 0.1) is 0 Å². The quantitative estimate of drug-likeness (QED) is 0.738. The minimum atomic E-state index is -4.05. The van der Waals surface area contributed by atoms with Crippen molar-refractivity contribution in [2.45, 2.75) is 11.8 Å². The molecule has 0 heterocycles. The van der Waals surface area contributed by atoms with Crippen molar-refractivity contribution < 1.29 is 17.4 Å². The van der Waals surface area contributed by atoms with Gasteiger partial charge >= 0.3 is 16.2 Å². The maximum atomic E-state index is 11.2. The molecule has 14 heavy (non-hydrogen) atoms. The van der Waals surface area contributed by atoms with Gasteiger partial charge in [0.2, 0.25) is 0 Å². The number of aryl methyl sites for hydroxylation is 1. The minimum Gasteiger partial charge on any atom is -0.334 e. The highest BCUT2D eigenvalue weighted by molar-refractivity contribution is 7.87. The third kappa shape index (κ3) is 2.46. The van der Waals surface area contributed by atoms with E-state index in [2.05, 4.69) is 9.92 Å². The molecule has 76 valence electrons. The molecule has 0 saturated carbocycles. The van der Waals surface area contributed by atoms with Crippen molar-refractivity contribution in [2.24, 2.45) is 5.73 Å². The molecule has 0 spiro atoms. The van der Waals surface area contributed by atoms with Gasteiger partial charge in [-0.05, 0) is 19.1 Å². The molecule has 0 unspecified atom stereocenters. The van der Waals surface area contributed by atoms with E-state index < -0.39 is 16.2 Å². The Morgan fingerprint density at radius 3 is 2.21 bits per heavy atom. The Hall–Kier alpha value is -1.56. The summed E-state index contributed by atoms with van der Waals surface area (Å²) in [5, 5.41) is 0. The molecule has 0 fully saturated rings. The summed E-state index contributed by atoms with van der Waals surface area (Å²) in [6.07, 6.45) is -1.34. The lowest BCUT2D eigenvalue weighted by atomic mass is 10.2. The van der Waals surface area contributed by atoms with Crippen molar-refractivity contribution >= 4 is 16.2 Å². The third-order valence-corrected chi connectivity index (χ3v) is 2.73. The van der Waals surface area contributed by atoms with Crippen molar-refractivity contribution in [3.63, 3.8) is 0 Å². The van der Waals surface area contributed by atoms with Crippen molar-refractivity contribution in [2.75, 3.05) is 0 Å². The van der Waals surface area contributed by atoms with E-state index in [4.69, 9.17) is 0 Å². The highest BCUT2D eigenvalue weighted by Crippen LogP contribution is 2.12. The van der Waals surface area contributed by atoms with E-state index >= 15 is 0 Å². The molecule has 0 atom stereocenters. The average Bonchev–Trinajstić information content (AvgIpc) is 2.02. The number of amides is 1. The van der Waals surface area contributed by atoms with E-state index in [0.717, 1.165) is 5.56 Å². The SMILES string of the molecule is Cc1ccc(S(=O)(=O)OC(N)=O)cc1. The highest BCUT2D eigenvalue weighted by Gasteiger charge is 2.17. The molecule has 0 bridgehead atoms. The van der Waals surface area contributed by atoms with E-state index in [9.17, 15) is 13.2 Å². The lowest BCUT2D eigenvalue weighted by Crippen LogP contribution is -2.18. The number of carbonyl (C=O) groups excluding carboxylic acids is 1. The molecule has 0 saturated heterocycles. The van der Waals surface area contributed by atoms with Gasteiger partial charge in [-0.2, -0.15) is 8.42 Å². The summed E-state index contributed by atoms with van der Waals surface area (Å²) in [6, 6.07) is 5.87. The topological polar surface area (TPSA) is 86.5 Å². The molecule has 1 amide bonds. The van der Waals surface area contributed by atoms with E-state index in [1.165, 1.54) is 12.1 Å². The summed E-state index contributed by atoms with van der Waals surface area (Å²) >= 11 is 0. The monoisotopic (exact) mass is 215 g/mol. The number of benzene rings is 1. The van der Waals surface area contributed by atoms with Gasteiger partial charge in [0, 0.05) is 0 Å². The molecule has 0 aliphatic heterocycles. The predicted octanol–water partition coefficient (Wildman–Crippen LogP) is 0.779. The molecule has 0 aromatic heterocycles. The molecule has 6 heteroatoms. The van der Waals surface area contributed by atoms with E-state index in [1.54, 1.807) is 12.1 Å². The molecular weight excluding hydrogens is 206 g/mol. The fourth-order valence-corrected chi connectivity index (χ4v) is 1.64. The lowest BCUT2D eigenvalue weighted by Gasteiger charge is -2.02. The van der Waals surface area contributed by atoms with Crippen LogP contribution in [0.1, 0.15) is 5.56 Å². The number of hydrogen-bond acceptors (Lipinski definition) is 4. The number of nitrogens with two attached hydrogens (primary N) is 1. The molecule has 1 aromatic rings. The van der Waals surface area contributed by atoms with Gasteiger partial charge in [0.1, 0.15) is 4.90 Å². The molecule has 1 aromatic carbocycles. The minimum absolute atomic E-state index is 0.0955. The second-order valence-corrected chi connectivity index (χ2v) is 4.22. The average molecular weight is 215 g/mol. The fourth-order valence-electron chi connectivity index (χ4n) is 0.861. The first-order chi connectivity index (χ1) is 6.42. The fraction of sp³-hybridized carbons (Fsp3) is 0.125. The first-order valence-corrected chi connectivity index (χ1v) is 5.13. The zero-order chi connectivity index (χ0) is 10.8.